The molecule has 1 unspecified atom stereocenters. The minimum Gasteiger partial charge on any atom is -0.456 e. The number of carbonyl (C=O) groups excluding carboxylic acids is 1. The van der Waals surface area contributed by atoms with E-state index in [-0.39, 0.29) is 24.3 Å². The zero-order valence-electron chi connectivity index (χ0n) is 17.2. The number of hydrogen-bond acceptors (Lipinski definition) is 5. The molecule has 0 aliphatic carbocycles. The van der Waals surface area contributed by atoms with Gasteiger partial charge in [-0.25, -0.2) is 4.79 Å². The highest BCUT2D eigenvalue weighted by Gasteiger charge is 2.39. The zero-order chi connectivity index (χ0) is 21.7. The van der Waals surface area contributed by atoms with Crippen molar-refractivity contribution in [2.24, 2.45) is 5.92 Å². The molecule has 1 saturated heterocycles. The van der Waals surface area contributed by atoms with Gasteiger partial charge in [-0.1, -0.05) is 49.7 Å². The van der Waals surface area contributed by atoms with Gasteiger partial charge in [0, 0.05) is 9.49 Å². The van der Waals surface area contributed by atoms with Crippen LogP contribution in [0.1, 0.15) is 36.7 Å². The fourth-order valence-electron chi connectivity index (χ4n) is 3.18. The van der Waals surface area contributed by atoms with Crippen LogP contribution in [-0.4, -0.2) is 37.2 Å². The highest BCUT2D eigenvalue weighted by Crippen LogP contribution is 2.26. The van der Waals surface area contributed by atoms with Gasteiger partial charge in [0.2, 0.25) is 0 Å². The summed E-state index contributed by atoms with van der Waals surface area (Å²) < 4.78 is 24.8. The van der Waals surface area contributed by atoms with E-state index in [4.69, 9.17) is 30.5 Å². The summed E-state index contributed by atoms with van der Waals surface area (Å²) in [6.07, 6.45) is -1.71. The largest absolute Gasteiger partial charge is 0.456 e. The Balaban J connectivity index is 1.68. The first-order valence-electron chi connectivity index (χ1n) is 9.93. The van der Waals surface area contributed by atoms with Crippen molar-refractivity contribution in [3.8, 4) is 0 Å². The van der Waals surface area contributed by atoms with Crippen molar-refractivity contribution in [2.75, 3.05) is 6.61 Å². The monoisotopic (exact) mass is 544 g/mol. The van der Waals surface area contributed by atoms with Crippen LogP contribution in [0.5, 0.6) is 0 Å². The van der Waals surface area contributed by atoms with Gasteiger partial charge in [-0.05, 0) is 59.3 Å². The Bertz CT molecular complexity index is 845. The van der Waals surface area contributed by atoms with E-state index in [2.05, 4.69) is 22.6 Å². The number of esters is 1. The predicted octanol–water partition coefficient (Wildman–Crippen LogP) is 5.47. The lowest BCUT2D eigenvalue weighted by molar-refractivity contribution is -0.291. The van der Waals surface area contributed by atoms with Crippen molar-refractivity contribution in [1.82, 2.24) is 0 Å². The van der Waals surface area contributed by atoms with Crippen molar-refractivity contribution in [2.45, 2.75) is 52.0 Å². The Kier molecular flexibility index (Phi) is 8.53. The molecule has 162 valence electrons. The number of halogens is 2. The van der Waals surface area contributed by atoms with Gasteiger partial charge < -0.3 is 18.9 Å². The average Bonchev–Trinajstić information content (AvgIpc) is 2.75. The van der Waals surface area contributed by atoms with E-state index < -0.39 is 12.2 Å². The number of hydrogen-bond donors (Lipinski definition) is 0. The Hall–Kier alpha value is -1.19. The van der Waals surface area contributed by atoms with E-state index in [1.165, 1.54) is 0 Å². The Morgan fingerprint density at radius 2 is 1.93 bits per heavy atom. The van der Waals surface area contributed by atoms with E-state index >= 15 is 0 Å². The van der Waals surface area contributed by atoms with Crippen LogP contribution in [0.25, 0.3) is 0 Å². The second kappa shape index (κ2) is 10.9. The predicted molar refractivity (Wildman–Crippen MR) is 124 cm³/mol. The summed E-state index contributed by atoms with van der Waals surface area (Å²) in [6, 6.07) is 14.7. The van der Waals surface area contributed by atoms with Crippen molar-refractivity contribution < 1.29 is 23.7 Å². The summed E-state index contributed by atoms with van der Waals surface area (Å²) in [7, 11) is 0. The van der Waals surface area contributed by atoms with Crippen LogP contribution in [0.2, 0.25) is 5.02 Å². The lowest BCUT2D eigenvalue weighted by Crippen LogP contribution is -2.52. The van der Waals surface area contributed by atoms with Gasteiger partial charge in [0.05, 0.1) is 23.8 Å². The van der Waals surface area contributed by atoms with Crippen LogP contribution < -0.4 is 0 Å². The fourth-order valence-corrected chi connectivity index (χ4v) is 3.72. The summed E-state index contributed by atoms with van der Waals surface area (Å²) in [4.78, 5) is 12.5. The zero-order valence-corrected chi connectivity index (χ0v) is 20.1. The molecule has 2 aromatic rings. The molecule has 0 aromatic heterocycles. The molecule has 1 heterocycles. The molecule has 7 heteroatoms. The molecule has 3 rings (SSSR count). The third-order valence-electron chi connectivity index (χ3n) is 4.84. The Labute approximate surface area is 196 Å². The van der Waals surface area contributed by atoms with Crippen LogP contribution in [0.15, 0.2) is 48.5 Å². The molecule has 30 heavy (non-hydrogen) atoms. The highest BCUT2D eigenvalue weighted by atomic mass is 127. The van der Waals surface area contributed by atoms with Crippen molar-refractivity contribution in [1.29, 1.82) is 0 Å². The minimum absolute atomic E-state index is 0.167. The van der Waals surface area contributed by atoms with E-state index in [1.54, 1.807) is 24.3 Å². The Morgan fingerprint density at radius 1 is 1.20 bits per heavy atom. The van der Waals surface area contributed by atoms with Crippen LogP contribution >= 0.6 is 34.2 Å². The minimum atomic E-state index is -0.506. The fraction of sp³-hybridized carbons (Fsp3) is 0.435. The summed E-state index contributed by atoms with van der Waals surface area (Å²) in [5.74, 6) is -0.220. The molecule has 0 saturated carbocycles. The maximum absolute atomic E-state index is 12.5. The van der Waals surface area contributed by atoms with Crippen molar-refractivity contribution >= 4 is 40.2 Å². The van der Waals surface area contributed by atoms with Gasteiger partial charge in [-0.2, -0.15) is 0 Å². The first-order chi connectivity index (χ1) is 14.3. The molecule has 5 nitrogen and oxygen atoms in total. The molecule has 0 radical (unpaired) electrons. The van der Waals surface area contributed by atoms with Gasteiger partial charge in [-0.3, -0.25) is 0 Å². The summed E-state index contributed by atoms with van der Waals surface area (Å²) >= 11 is 8.40. The molecular formula is C23H26ClIO5. The first kappa shape index (κ1) is 23.5. The number of benzene rings is 2. The van der Waals surface area contributed by atoms with Crippen molar-refractivity contribution in [3.05, 3.63) is 68.3 Å². The van der Waals surface area contributed by atoms with E-state index in [0.717, 1.165) is 9.13 Å². The Morgan fingerprint density at radius 3 is 2.60 bits per heavy atom. The lowest BCUT2D eigenvalue weighted by Gasteiger charge is -2.40. The second-order valence-corrected chi connectivity index (χ2v) is 9.19. The third-order valence-corrected chi connectivity index (χ3v) is 6.41. The molecule has 0 bridgehead atoms. The molecule has 2 aromatic carbocycles. The van der Waals surface area contributed by atoms with Crippen LogP contribution in [0, 0.1) is 9.49 Å². The summed E-state index contributed by atoms with van der Waals surface area (Å²) in [6.45, 7) is 6.59. The molecule has 1 aliphatic rings. The van der Waals surface area contributed by atoms with E-state index in [1.807, 2.05) is 45.0 Å². The lowest BCUT2D eigenvalue weighted by atomic mass is 10.1. The van der Waals surface area contributed by atoms with Crippen molar-refractivity contribution in [3.63, 3.8) is 0 Å². The molecule has 0 amide bonds. The second-order valence-electron chi connectivity index (χ2n) is 7.62. The average molecular weight is 545 g/mol. The number of rotatable bonds is 7. The van der Waals surface area contributed by atoms with E-state index in [9.17, 15) is 4.79 Å². The molecule has 1 fully saturated rings. The topological polar surface area (TPSA) is 54.0 Å². The van der Waals surface area contributed by atoms with Crippen LogP contribution in [-0.2, 0) is 25.6 Å². The molecule has 1 aliphatic heterocycles. The molecular weight excluding hydrogens is 519 g/mol. The quantitative estimate of drug-likeness (QED) is 0.342. The summed E-state index contributed by atoms with van der Waals surface area (Å²) in [5, 5.41) is 0.689. The summed E-state index contributed by atoms with van der Waals surface area (Å²) in [5.41, 5.74) is 1.46. The van der Waals surface area contributed by atoms with Gasteiger partial charge >= 0.3 is 5.97 Å². The first-order valence-corrected chi connectivity index (χ1v) is 11.4. The van der Waals surface area contributed by atoms with Gasteiger partial charge in [0.1, 0.15) is 18.3 Å². The number of carbonyl (C=O) groups is 1. The normalized spacial score (nSPS) is 22.7. The maximum atomic E-state index is 12.5. The van der Waals surface area contributed by atoms with Gasteiger partial charge in [-0.15, -0.1) is 0 Å². The SMILES string of the molecule is CC(C)[C@H]1OC[C@@H](OCc2ccc(I)c(Cl)c2)[C@@H](C(C)OC(=O)c2ccccc2)O1. The standard InChI is InChI=1S/C23H26ClIO5/c1-14(2)23-28-13-20(27-12-16-9-10-19(25)18(24)11-16)21(30-23)15(3)29-22(26)17-7-5-4-6-8-17/h4-11,14-15,20-21,23H,12-13H2,1-3H3/t15?,20-,21-,23+/m1/s1. The smallest absolute Gasteiger partial charge is 0.338 e. The van der Waals surface area contributed by atoms with Gasteiger partial charge in [0.15, 0.2) is 6.29 Å². The maximum Gasteiger partial charge on any atom is 0.338 e. The number of ether oxygens (including phenoxy) is 4. The van der Waals surface area contributed by atoms with Gasteiger partial charge in [0.25, 0.3) is 0 Å². The highest BCUT2D eigenvalue weighted by molar-refractivity contribution is 14.1. The van der Waals surface area contributed by atoms with Crippen LogP contribution in [0.4, 0.5) is 0 Å². The molecule has 4 atom stereocenters. The molecule has 0 N–H and O–H groups in total. The molecule has 0 spiro atoms. The third kappa shape index (κ3) is 6.17. The van der Waals surface area contributed by atoms with E-state index in [0.29, 0.717) is 23.8 Å². The van der Waals surface area contributed by atoms with Crippen LogP contribution in [0.3, 0.4) is 0 Å².